The molecular weight excluding hydrogens is 370 g/mol. The molecule has 0 atom stereocenters. The van der Waals surface area contributed by atoms with Gasteiger partial charge in [0.15, 0.2) is 5.13 Å². The van der Waals surface area contributed by atoms with Gasteiger partial charge >= 0.3 is 0 Å². The van der Waals surface area contributed by atoms with Crippen LogP contribution in [0.15, 0.2) is 48.5 Å². The van der Waals surface area contributed by atoms with Gasteiger partial charge in [-0.25, -0.2) is 9.67 Å². The number of hydrogen-bond donors (Lipinski definition) is 1. The van der Waals surface area contributed by atoms with E-state index in [0.29, 0.717) is 17.2 Å². The number of carbonyl (C=O) groups is 1. The van der Waals surface area contributed by atoms with Gasteiger partial charge in [-0.3, -0.25) is 10.1 Å². The molecule has 0 aliphatic heterocycles. The molecule has 5 rings (SSSR count). The molecule has 7 heteroatoms. The topological polar surface area (TPSA) is 72.7 Å². The number of hydrogen-bond acceptors (Lipinski definition) is 5. The van der Waals surface area contributed by atoms with Crippen molar-refractivity contribution >= 4 is 33.4 Å². The number of benzene rings is 2. The number of aromatic nitrogens is 4. The monoisotopic (exact) mass is 389 g/mol. The number of thiazole rings is 1. The minimum atomic E-state index is -0.121. The summed E-state index contributed by atoms with van der Waals surface area (Å²) in [6, 6.07) is 15.5. The maximum absolute atomic E-state index is 12.6. The van der Waals surface area contributed by atoms with Crippen LogP contribution in [0.25, 0.3) is 11.0 Å². The average molecular weight is 389 g/mol. The zero-order chi connectivity index (χ0) is 18.9. The van der Waals surface area contributed by atoms with Crippen LogP contribution in [0.4, 0.5) is 5.13 Å². The minimum Gasteiger partial charge on any atom is -0.298 e. The average Bonchev–Trinajstić information content (AvgIpc) is 3.32. The van der Waals surface area contributed by atoms with Crippen molar-refractivity contribution in [3.63, 3.8) is 0 Å². The van der Waals surface area contributed by atoms with Crippen molar-refractivity contribution in [3.8, 4) is 0 Å². The van der Waals surface area contributed by atoms with Crippen LogP contribution in [0.5, 0.6) is 0 Å². The van der Waals surface area contributed by atoms with E-state index in [9.17, 15) is 4.79 Å². The molecule has 6 nitrogen and oxygen atoms in total. The summed E-state index contributed by atoms with van der Waals surface area (Å²) in [5, 5.41) is 12.0. The Labute approximate surface area is 166 Å². The van der Waals surface area contributed by atoms with E-state index in [1.165, 1.54) is 17.7 Å². The maximum atomic E-state index is 12.6. The van der Waals surface area contributed by atoms with E-state index in [4.69, 9.17) is 0 Å². The van der Waals surface area contributed by atoms with E-state index in [1.807, 2.05) is 53.2 Å². The molecule has 2 heterocycles. The molecule has 1 aliphatic carbocycles. The van der Waals surface area contributed by atoms with Crippen molar-refractivity contribution in [2.75, 3.05) is 5.32 Å². The summed E-state index contributed by atoms with van der Waals surface area (Å²) in [4.78, 5) is 18.5. The van der Waals surface area contributed by atoms with Gasteiger partial charge in [-0.2, -0.15) is 0 Å². The molecular formula is C21H19N5OS. The van der Waals surface area contributed by atoms with Crippen molar-refractivity contribution in [2.45, 2.75) is 32.2 Å². The molecule has 2 aromatic heterocycles. The highest BCUT2D eigenvalue weighted by atomic mass is 32.1. The molecule has 1 N–H and O–H groups in total. The van der Waals surface area contributed by atoms with Gasteiger partial charge in [-0.05, 0) is 55.5 Å². The fourth-order valence-corrected chi connectivity index (χ4v) is 4.59. The Balaban J connectivity index is 1.29. The van der Waals surface area contributed by atoms with Crippen molar-refractivity contribution in [1.82, 2.24) is 20.0 Å². The Bertz CT molecular complexity index is 1120. The van der Waals surface area contributed by atoms with Crippen molar-refractivity contribution in [1.29, 1.82) is 0 Å². The summed E-state index contributed by atoms with van der Waals surface area (Å²) < 4.78 is 1.87. The van der Waals surface area contributed by atoms with Crippen molar-refractivity contribution < 1.29 is 4.79 Å². The predicted octanol–water partition coefficient (Wildman–Crippen LogP) is 4.07. The molecule has 4 aromatic rings. The third-order valence-corrected chi connectivity index (χ3v) is 6.11. The first-order chi connectivity index (χ1) is 13.8. The fourth-order valence-electron chi connectivity index (χ4n) is 3.54. The Kier molecular flexibility index (Phi) is 4.37. The van der Waals surface area contributed by atoms with Gasteiger partial charge in [0.2, 0.25) is 0 Å². The van der Waals surface area contributed by atoms with E-state index >= 15 is 0 Å². The van der Waals surface area contributed by atoms with Gasteiger partial charge < -0.3 is 0 Å². The maximum Gasteiger partial charge on any atom is 0.257 e. The highest BCUT2D eigenvalue weighted by molar-refractivity contribution is 7.15. The number of amides is 1. The van der Waals surface area contributed by atoms with Crippen LogP contribution in [0.2, 0.25) is 0 Å². The van der Waals surface area contributed by atoms with Gasteiger partial charge in [0.1, 0.15) is 5.52 Å². The number of nitrogens with one attached hydrogen (secondary N) is 1. The number of nitrogens with zero attached hydrogens (tertiary/aromatic N) is 4. The molecule has 1 amide bonds. The van der Waals surface area contributed by atoms with Gasteiger partial charge in [0, 0.05) is 10.4 Å². The van der Waals surface area contributed by atoms with Crippen LogP contribution in [0.3, 0.4) is 0 Å². The van der Waals surface area contributed by atoms with E-state index in [1.54, 1.807) is 11.3 Å². The SMILES string of the molecule is O=C(Nc1nc2c(s1)CCCC2)c1ccc(Cn2nnc3ccccc32)cc1. The van der Waals surface area contributed by atoms with Crippen LogP contribution >= 0.6 is 11.3 Å². The van der Waals surface area contributed by atoms with E-state index in [-0.39, 0.29) is 5.91 Å². The lowest BCUT2D eigenvalue weighted by molar-refractivity contribution is 0.102. The zero-order valence-electron chi connectivity index (χ0n) is 15.3. The van der Waals surface area contributed by atoms with Gasteiger partial charge in [0.25, 0.3) is 5.91 Å². The number of anilines is 1. The van der Waals surface area contributed by atoms with Crippen LogP contribution in [-0.2, 0) is 19.4 Å². The molecule has 0 bridgehead atoms. The summed E-state index contributed by atoms with van der Waals surface area (Å²) in [5.74, 6) is -0.121. The van der Waals surface area contributed by atoms with E-state index in [2.05, 4.69) is 20.6 Å². The second-order valence-electron chi connectivity index (χ2n) is 6.98. The largest absolute Gasteiger partial charge is 0.298 e. The van der Waals surface area contributed by atoms with Gasteiger partial charge in [-0.15, -0.1) is 16.4 Å². The Morgan fingerprint density at radius 1 is 1.07 bits per heavy atom. The standard InChI is InChI=1S/C21H19N5OS/c27-20(23-21-22-17-6-2-4-8-19(17)28-21)15-11-9-14(10-12-15)13-26-18-7-3-1-5-16(18)24-25-26/h1,3,5,7,9-12H,2,4,6,8,13H2,(H,22,23,27). The highest BCUT2D eigenvalue weighted by Gasteiger charge is 2.17. The third kappa shape index (κ3) is 3.29. The van der Waals surface area contributed by atoms with Crippen molar-refractivity contribution in [2.24, 2.45) is 0 Å². The first kappa shape index (κ1) is 17.1. The zero-order valence-corrected chi connectivity index (χ0v) is 16.1. The molecule has 0 saturated carbocycles. The minimum absolute atomic E-state index is 0.121. The lowest BCUT2D eigenvalue weighted by atomic mass is 10.0. The highest BCUT2D eigenvalue weighted by Crippen LogP contribution is 2.29. The number of carbonyl (C=O) groups excluding carboxylic acids is 1. The summed E-state index contributed by atoms with van der Waals surface area (Å²) >= 11 is 1.60. The quantitative estimate of drug-likeness (QED) is 0.571. The molecule has 1 aliphatic rings. The van der Waals surface area contributed by atoms with Gasteiger partial charge in [0.05, 0.1) is 17.8 Å². The molecule has 0 fully saturated rings. The number of rotatable bonds is 4. The van der Waals surface area contributed by atoms with Crippen LogP contribution in [-0.4, -0.2) is 25.9 Å². The number of para-hydroxylation sites is 1. The summed E-state index contributed by atoms with van der Waals surface area (Å²) in [6.45, 7) is 0.613. The second kappa shape index (κ2) is 7.16. The molecule has 140 valence electrons. The van der Waals surface area contributed by atoms with Crippen LogP contribution < -0.4 is 5.32 Å². The molecule has 2 aromatic carbocycles. The molecule has 0 radical (unpaired) electrons. The molecule has 0 unspecified atom stereocenters. The normalized spacial score (nSPS) is 13.4. The first-order valence-corrected chi connectivity index (χ1v) is 10.2. The predicted molar refractivity (Wildman–Crippen MR) is 110 cm³/mol. The summed E-state index contributed by atoms with van der Waals surface area (Å²) in [6.07, 6.45) is 4.50. The molecule has 28 heavy (non-hydrogen) atoms. The lowest BCUT2D eigenvalue weighted by Crippen LogP contribution is -2.12. The lowest BCUT2D eigenvalue weighted by Gasteiger charge is -2.06. The number of aryl methyl sites for hydroxylation is 2. The summed E-state index contributed by atoms with van der Waals surface area (Å²) in [5.41, 5.74) is 4.72. The number of fused-ring (bicyclic) bond motifs is 2. The Morgan fingerprint density at radius 3 is 2.75 bits per heavy atom. The Morgan fingerprint density at radius 2 is 1.89 bits per heavy atom. The Hall–Kier alpha value is -3.06. The third-order valence-electron chi connectivity index (χ3n) is 5.03. The smallest absolute Gasteiger partial charge is 0.257 e. The fraction of sp³-hybridized carbons (Fsp3) is 0.238. The van der Waals surface area contributed by atoms with Crippen LogP contribution in [0.1, 0.15) is 39.3 Å². The summed E-state index contributed by atoms with van der Waals surface area (Å²) in [7, 11) is 0. The second-order valence-corrected chi connectivity index (χ2v) is 8.07. The first-order valence-electron chi connectivity index (χ1n) is 9.43. The molecule has 0 spiro atoms. The van der Waals surface area contributed by atoms with Crippen molar-refractivity contribution in [3.05, 3.63) is 70.2 Å². The molecule has 0 saturated heterocycles. The van der Waals surface area contributed by atoms with E-state index < -0.39 is 0 Å². The van der Waals surface area contributed by atoms with Gasteiger partial charge in [-0.1, -0.05) is 29.5 Å². The van der Waals surface area contributed by atoms with E-state index in [0.717, 1.165) is 35.1 Å². The van der Waals surface area contributed by atoms with Crippen LogP contribution in [0, 0.1) is 0 Å².